The van der Waals surface area contributed by atoms with Crippen LogP contribution in [0.4, 0.5) is 8.78 Å². The first-order valence-corrected chi connectivity index (χ1v) is 8.82. The normalized spacial score (nSPS) is 16.9. The fourth-order valence-electron chi connectivity index (χ4n) is 2.86. The van der Waals surface area contributed by atoms with Crippen LogP contribution in [-0.2, 0) is 6.54 Å². The van der Waals surface area contributed by atoms with E-state index in [-0.39, 0.29) is 12.3 Å². The van der Waals surface area contributed by atoms with Crippen LogP contribution >= 0.6 is 0 Å². The van der Waals surface area contributed by atoms with E-state index in [1.165, 1.54) is 18.9 Å². The highest BCUT2D eigenvalue weighted by atomic mass is 19.3. The summed E-state index contributed by atoms with van der Waals surface area (Å²) in [5.74, 6) is 1.51. The molecular formula is C18H28F2N4O. The Kier molecular flexibility index (Phi) is 7.91. The van der Waals surface area contributed by atoms with Crippen LogP contribution in [0.3, 0.4) is 0 Å². The van der Waals surface area contributed by atoms with Gasteiger partial charge in [0.1, 0.15) is 5.75 Å². The average Bonchev–Trinajstić information content (AvgIpc) is 2.59. The van der Waals surface area contributed by atoms with Gasteiger partial charge < -0.3 is 20.3 Å². The summed E-state index contributed by atoms with van der Waals surface area (Å²) in [4.78, 5) is 6.85. The number of para-hydroxylation sites is 1. The average molecular weight is 354 g/mol. The summed E-state index contributed by atoms with van der Waals surface area (Å²) in [6.45, 7) is 3.31. The number of hydrogen-bond acceptors (Lipinski definition) is 3. The van der Waals surface area contributed by atoms with Crippen LogP contribution in [0.25, 0.3) is 0 Å². The van der Waals surface area contributed by atoms with Crippen molar-refractivity contribution in [2.24, 2.45) is 10.9 Å². The molecule has 1 aromatic carbocycles. The van der Waals surface area contributed by atoms with Crippen molar-refractivity contribution in [3.63, 3.8) is 0 Å². The number of halogens is 2. The van der Waals surface area contributed by atoms with Gasteiger partial charge in [0.25, 0.3) is 0 Å². The summed E-state index contributed by atoms with van der Waals surface area (Å²) in [6, 6.07) is 6.76. The van der Waals surface area contributed by atoms with Gasteiger partial charge in [0, 0.05) is 18.7 Å². The molecule has 1 saturated heterocycles. The molecule has 140 valence electrons. The van der Waals surface area contributed by atoms with E-state index in [1.54, 1.807) is 18.2 Å². The topological polar surface area (TPSA) is 48.9 Å². The smallest absolute Gasteiger partial charge is 0.387 e. The van der Waals surface area contributed by atoms with Gasteiger partial charge in [0.15, 0.2) is 5.96 Å². The predicted octanol–water partition coefficient (Wildman–Crippen LogP) is 2.68. The van der Waals surface area contributed by atoms with Crippen LogP contribution in [0.2, 0.25) is 0 Å². The van der Waals surface area contributed by atoms with Gasteiger partial charge in [-0.15, -0.1) is 0 Å². The lowest BCUT2D eigenvalue weighted by molar-refractivity contribution is -0.0504. The molecular weight excluding hydrogens is 326 g/mol. The molecule has 5 nitrogen and oxygen atoms in total. The van der Waals surface area contributed by atoms with Crippen molar-refractivity contribution in [3.05, 3.63) is 29.8 Å². The van der Waals surface area contributed by atoms with Crippen LogP contribution < -0.4 is 15.4 Å². The highest BCUT2D eigenvalue weighted by molar-refractivity contribution is 5.79. The number of likely N-dealkylation sites (tertiary alicyclic amines) is 1. The van der Waals surface area contributed by atoms with Crippen molar-refractivity contribution in [1.29, 1.82) is 0 Å². The van der Waals surface area contributed by atoms with Crippen LogP contribution in [0.1, 0.15) is 25.3 Å². The third kappa shape index (κ3) is 6.86. The zero-order chi connectivity index (χ0) is 18.1. The number of aliphatic imine (C=N–C) groups is 1. The molecule has 1 heterocycles. The van der Waals surface area contributed by atoms with E-state index >= 15 is 0 Å². The SMILES string of the molecule is CCNC(=NCc1ccccc1OC(F)F)NCC1CCN(C)CC1. The van der Waals surface area contributed by atoms with Gasteiger partial charge in [-0.1, -0.05) is 18.2 Å². The van der Waals surface area contributed by atoms with Crippen LogP contribution in [0.5, 0.6) is 5.75 Å². The molecule has 0 spiro atoms. The number of ether oxygens (including phenoxy) is 1. The monoisotopic (exact) mass is 354 g/mol. The lowest BCUT2D eigenvalue weighted by atomic mass is 9.97. The first kappa shape index (κ1) is 19.4. The molecule has 0 radical (unpaired) electrons. The molecule has 1 aliphatic rings. The van der Waals surface area contributed by atoms with Crippen LogP contribution in [-0.4, -0.2) is 50.7 Å². The minimum Gasteiger partial charge on any atom is -0.434 e. The van der Waals surface area contributed by atoms with Crippen molar-refractivity contribution < 1.29 is 13.5 Å². The highest BCUT2D eigenvalue weighted by Gasteiger charge is 2.16. The molecule has 7 heteroatoms. The Morgan fingerprint density at radius 3 is 2.68 bits per heavy atom. The number of nitrogens with zero attached hydrogens (tertiary/aromatic N) is 2. The fraction of sp³-hybridized carbons (Fsp3) is 0.611. The second-order valence-electron chi connectivity index (χ2n) is 6.31. The second-order valence-corrected chi connectivity index (χ2v) is 6.31. The quantitative estimate of drug-likeness (QED) is 0.584. The molecule has 0 atom stereocenters. The minimum atomic E-state index is -2.83. The number of hydrogen-bond donors (Lipinski definition) is 2. The zero-order valence-corrected chi connectivity index (χ0v) is 15.0. The van der Waals surface area contributed by atoms with E-state index in [4.69, 9.17) is 0 Å². The van der Waals surface area contributed by atoms with Crippen molar-refractivity contribution in [1.82, 2.24) is 15.5 Å². The molecule has 0 saturated carbocycles. The van der Waals surface area contributed by atoms with Gasteiger partial charge in [0.05, 0.1) is 6.54 Å². The maximum absolute atomic E-state index is 12.5. The Labute approximate surface area is 148 Å². The van der Waals surface area contributed by atoms with Crippen molar-refractivity contribution in [2.75, 3.05) is 33.2 Å². The minimum absolute atomic E-state index is 0.174. The molecule has 25 heavy (non-hydrogen) atoms. The Morgan fingerprint density at radius 1 is 1.28 bits per heavy atom. The van der Waals surface area contributed by atoms with E-state index < -0.39 is 6.61 Å². The van der Waals surface area contributed by atoms with Crippen LogP contribution in [0.15, 0.2) is 29.3 Å². The van der Waals surface area contributed by atoms with E-state index in [1.807, 2.05) is 6.92 Å². The molecule has 1 aromatic rings. The summed E-state index contributed by atoms with van der Waals surface area (Å²) < 4.78 is 29.5. The van der Waals surface area contributed by atoms with E-state index in [9.17, 15) is 8.78 Å². The van der Waals surface area contributed by atoms with Gasteiger partial charge in [0.2, 0.25) is 0 Å². The summed E-state index contributed by atoms with van der Waals surface area (Å²) in [5.41, 5.74) is 0.638. The predicted molar refractivity (Wildman–Crippen MR) is 96.1 cm³/mol. The van der Waals surface area contributed by atoms with E-state index in [0.717, 1.165) is 26.2 Å². The first-order chi connectivity index (χ1) is 12.1. The molecule has 1 aliphatic heterocycles. The van der Waals surface area contributed by atoms with E-state index in [0.29, 0.717) is 17.4 Å². The lowest BCUT2D eigenvalue weighted by Crippen LogP contribution is -2.42. The summed E-state index contributed by atoms with van der Waals surface area (Å²) in [5, 5.41) is 6.57. The van der Waals surface area contributed by atoms with Gasteiger partial charge in [-0.25, -0.2) is 4.99 Å². The molecule has 0 bridgehead atoms. The fourth-order valence-corrected chi connectivity index (χ4v) is 2.86. The number of nitrogens with one attached hydrogen (secondary N) is 2. The second kappa shape index (κ2) is 10.2. The molecule has 2 N–H and O–H groups in total. The lowest BCUT2D eigenvalue weighted by Gasteiger charge is -2.29. The number of guanidine groups is 1. The number of piperidine rings is 1. The third-order valence-electron chi connectivity index (χ3n) is 4.34. The molecule has 0 aromatic heterocycles. The number of rotatable bonds is 7. The molecule has 1 fully saturated rings. The Balaban J connectivity index is 1.93. The summed E-state index contributed by atoms with van der Waals surface area (Å²) >= 11 is 0. The van der Waals surface area contributed by atoms with Crippen molar-refractivity contribution in [2.45, 2.75) is 32.9 Å². The van der Waals surface area contributed by atoms with Crippen molar-refractivity contribution in [3.8, 4) is 5.75 Å². The largest absolute Gasteiger partial charge is 0.434 e. The van der Waals surface area contributed by atoms with E-state index in [2.05, 4.69) is 32.3 Å². The van der Waals surface area contributed by atoms with Gasteiger partial charge in [-0.2, -0.15) is 8.78 Å². The zero-order valence-electron chi connectivity index (χ0n) is 15.0. The van der Waals surface area contributed by atoms with Crippen LogP contribution in [0, 0.1) is 5.92 Å². The molecule has 0 unspecified atom stereocenters. The summed E-state index contributed by atoms with van der Waals surface area (Å²) in [6.07, 6.45) is 2.35. The number of alkyl halides is 2. The number of benzene rings is 1. The molecule has 2 rings (SSSR count). The maximum Gasteiger partial charge on any atom is 0.387 e. The first-order valence-electron chi connectivity index (χ1n) is 8.82. The standard InChI is InChI=1S/C18H28F2N4O/c1-3-21-18(22-12-14-8-10-24(2)11-9-14)23-13-15-6-4-5-7-16(15)25-17(19)20/h4-7,14,17H,3,8-13H2,1-2H3,(H2,21,22,23). The van der Waals surface area contributed by atoms with Gasteiger partial charge in [-0.3, -0.25) is 0 Å². The Hall–Kier alpha value is -1.89. The summed E-state index contributed by atoms with van der Waals surface area (Å²) in [7, 11) is 2.15. The third-order valence-corrected chi connectivity index (χ3v) is 4.34. The van der Waals surface area contributed by atoms with Gasteiger partial charge in [-0.05, 0) is 51.9 Å². The molecule has 0 aliphatic carbocycles. The molecule has 0 amide bonds. The van der Waals surface area contributed by atoms with Crippen molar-refractivity contribution >= 4 is 5.96 Å². The van der Waals surface area contributed by atoms with Gasteiger partial charge >= 0.3 is 6.61 Å². The maximum atomic E-state index is 12.5. The highest BCUT2D eigenvalue weighted by Crippen LogP contribution is 2.21. The Bertz CT molecular complexity index is 546. The Morgan fingerprint density at radius 2 is 2.00 bits per heavy atom.